The van der Waals surface area contributed by atoms with Gasteiger partial charge in [0.1, 0.15) is 5.82 Å². The topological polar surface area (TPSA) is 52.4 Å². The monoisotopic (exact) mass is 231 g/mol. The van der Waals surface area contributed by atoms with E-state index in [2.05, 4.69) is 0 Å². The van der Waals surface area contributed by atoms with Gasteiger partial charge in [-0.15, -0.1) is 0 Å². The molecule has 16 heavy (non-hydrogen) atoms. The fourth-order valence-corrected chi connectivity index (χ4v) is 1.26. The number of nitro benzene ring substituents is 1. The van der Waals surface area contributed by atoms with Crippen molar-refractivity contribution in [2.45, 2.75) is 20.0 Å². The lowest BCUT2D eigenvalue weighted by atomic mass is 10.2. The van der Waals surface area contributed by atoms with Gasteiger partial charge in [0.05, 0.1) is 17.1 Å². The van der Waals surface area contributed by atoms with Crippen LogP contribution in [0.1, 0.15) is 18.9 Å². The predicted octanol–water partition coefficient (Wildman–Crippen LogP) is 2.80. The van der Waals surface area contributed by atoms with Crippen LogP contribution in [-0.4, -0.2) is 11.5 Å². The van der Waals surface area contributed by atoms with E-state index in [0.717, 1.165) is 12.5 Å². The Morgan fingerprint density at radius 1 is 1.44 bits per heavy atom. The molecule has 0 spiro atoms. The van der Waals surface area contributed by atoms with Crippen LogP contribution in [0.25, 0.3) is 0 Å². The molecule has 0 unspecified atom stereocenters. The first-order valence-electron chi connectivity index (χ1n) is 4.76. The van der Waals surface area contributed by atoms with Gasteiger partial charge in [-0.2, -0.15) is 4.39 Å². The van der Waals surface area contributed by atoms with E-state index in [1.54, 1.807) is 0 Å². The van der Waals surface area contributed by atoms with Gasteiger partial charge in [-0.3, -0.25) is 10.1 Å². The van der Waals surface area contributed by atoms with Crippen LogP contribution in [0.2, 0.25) is 0 Å². The van der Waals surface area contributed by atoms with Gasteiger partial charge in [0.25, 0.3) is 0 Å². The van der Waals surface area contributed by atoms with Crippen LogP contribution in [0, 0.1) is 21.7 Å². The third-order valence-corrected chi connectivity index (χ3v) is 1.90. The molecule has 0 aliphatic carbocycles. The van der Waals surface area contributed by atoms with Crippen LogP contribution >= 0.6 is 0 Å². The summed E-state index contributed by atoms with van der Waals surface area (Å²) < 4.78 is 31.0. The second kappa shape index (κ2) is 5.50. The molecular weight excluding hydrogens is 220 g/mol. The van der Waals surface area contributed by atoms with Crippen molar-refractivity contribution in [2.75, 3.05) is 6.61 Å². The summed E-state index contributed by atoms with van der Waals surface area (Å²) in [5.74, 6) is -2.03. The third kappa shape index (κ3) is 2.96. The molecule has 0 saturated heterocycles. The van der Waals surface area contributed by atoms with E-state index in [4.69, 9.17) is 4.74 Å². The third-order valence-electron chi connectivity index (χ3n) is 1.90. The van der Waals surface area contributed by atoms with Crippen LogP contribution in [-0.2, 0) is 11.3 Å². The highest BCUT2D eigenvalue weighted by Gasteiger charge is 2.21. The molecular formula is C10H11F2NO3. The summed E-state index contributed by atoms with van der Waals surface area (Å²) in [5, 5.41) is 10.6. The van der Waals surface area contributed by atoms with Gasteiger partial charge in [-0.05, 0) is 12.5 Å². The van der Waals surface area contributed by atoms with Gasteiger partial charge in [0.2, 0.25) is 5.82 Å². The standard InChI is InChI=1S/C10H11F2NO3/c1-2-3-16-6-7-4-8(11)5-9(12)10(7)13(14)15/h4-5H,2-3,6H2,1H3. The normalized spacial score (nSPS) is 10.4. The Morgan fingerprint density at radius 3 is 2.69 bits per heavy atom. The second-order valence-electron chi connectivity index (χ2n) is 3.21. The van der Waals surface area contributed by atoms with Crippen molar-refractivity contribution < 1.29 is 18.4 Å². The Labute approximate surface area is 91.0 Å². The van der Waals surface area contributed by atoms with Crippen molar-refractivity contribution in [1.82, 2.24) is 0 Å². The van der Waals surface area contributed by atoms with Gasteiger partial charge in [0.15, 0.2) is 0 Å². The molecule has 1 aromatic carbocycles. The van der Waals surface area contributed by atoms with Crippen molar-refractivity contribution in [3.63, 3.8) is 0 Å². The van der Waals surface area contributed by atoms with Crippen molar-refractivity contribution in [3.05, 3.63) is 39.4 Å². The molecule has 0 aliphatic heterocycles. The molecule has 0 aliphatic rings. The summed E-state index contributed by atoms with van der Waals surface area (Å²) in [5.41, 5.74) is -0.812. The van der Waals surface area contributed by atoms with Crippen molar-refractivity contribution in [3.8, 4) is 0 Å². The largest absolute Gasteiger partial charge is 0.377 e. The van der Waals surface area contributed by atoms with Gasteiger partial charge >= 0.3 is 5.69 Å². The molecule has 4 nitrogen and oxygen atoms in total. The Bertz CT molecular complexity index is 396. The first kappa shape index (κ1) is 12.5. The van der Waals surface area contributed by atoms with Crippen LogP contribution in [0.3, 0.4) is 0 Å². The maximum Gasteiger partial charge on any atom is 0.310 e. The average Bonchev–Trinajstić information content (AvgIpc) is 2.16. The SMILES string of the molecule is CCCOCc1cc(F)cc(F)c1[N+](=O)[O-]. The Kier molecular flexibility index (Phi) is 4.30. The molecule has 6 heteroatoms. The van der Waals surface area contributed by atoms with Gasteiger partial charge in [0, 0.05) is 12.7 Å². The summed E-state index contributed by atoms with van der Waals surface area (Å²) in [6.45, 7) is 2.08. The first-order valence-corrected chi connectivity index (χ1v) is 4.76. The molecule has 0 atom stereocenters. The lowest BCUT2D eigenvalue weighted by Crippen LogP contribution is -2.03. The molecule has 1 rings (SSSR count). The average molecular weight is 231 g/mol. The summed E-state index contributed by atoms with van der Waals surface area (Å²) >= 11 is 0. The second-order valence-corrected chi connectivity index (χ2v) is 3.21. The number of rotatable bonds is 5. The quantitative estimate of drug-likeness (QED) is 0.444. The molecule has 0 amide bonds. The molecule has 0 saturated carbocycles. The smallest absolute Gasteiger partial charge is 0.310 e. The van der Waals surface area contributed by atoms with E-state index in [1.807, 2.05) is 6.92 Å². The molecule has 0 N–H and O–H groups in total. The van der Waals surface area contributed by atoms with Gasteiger partial charge < -0.3 is 4.74 Å². The van der Waals surface area contributed by atoms with Crippen LogP contribution in [0.15, 0.2) is 12.1 Å². The lowest BCUT2D eigenvalue weighted by molar-refractivity contribution is -0.388. The highest BCUT2D eigenvalue weighted by atomic mass is 19.1. The summed E-state index contributed by atoms with van der Waals surface area (Å²) in [4.78, 5) is 9.70. The number of hydrogen-bond donors (Lipinski definition) is 0. The van der Waals surface area contributed by atoms with E-state index in [1.165, 1.54) is 0 Å². The van der Waals surface area contributed by atoms with Gasteiger partial charge in [-0.1, -0.05) is 6.92 Å². The van der Waals surface area contributed by atoms with Crippen LogP contribution in [0.5, 0.6) is 0 Å². The van der Waals surface area contributed by atoms with Crippen LogP contribution < -0.4 is 0 Å². The number of ether oxygens (including phenoxy) is 1. The van der Waals surface area contributed by atoms with E-state index in [-0.39, 0.29) is 12.2 Å². The van der Waals surface area contributed by atoms with E-state index in [9.17, 15) is 18.9 Å². The zero-order chi connectivity index (χ0) is 12.1. The van der Waals surface area contributed by atoms with E-state index < -0.39 is 22.2 Å². The number of halogens is 2. The highest BCUT2D eigenvalue weighted by molar-refractivity contribution is 5.41. The van der Waals surface area contributed by atoms with E-state index >= 15 is 0 Å². The Balaban J connectivity index is 2.99. The molecule has 0 fully saturated rings. The Morgan fingerprint density at radius 2 is 2.12 bits per heavy atom. The summed E-state index contributed by atoms with van der Waals surface area (Å²) in [7, 11) is 0. The zero-order valence-electron chi connectivity index (χ0n) is 8.70. The molecule has 1 aromatic rings. The maximum absolute atomic E-state index is 13.1. The fraction of sp³-hybridized carbons (Fsp3) is 0.400. The predicted molar refractivity (Wildman–Crippen MR) is 53.0 cm³/mol. The fourth-order valence-electron chi connectivity index (χ4n) is 1.26. The molecule has 0 radical (unpaired) electrons. The minimum Gasteiger partial charge on any atom is -0.377 e. The van der Waals surface area contributed by atoms with E-state index in [0.29, 0.717) is 12.7 Å². The molecule has 0 heterocycles. The zero-order valence-corrected chi connectivity index (χ0v) is 8.70. The van der Waals surface area contributed by atoms with Crippen molar-refractivity contribution in [1.29, 1.82) is 0 Å². The number of nitro groups is 1. The summed E-state index contributed by atoms with van der Waals surface area (Å²) in [6, 6.07) is 1.40. The van der Waals surface area contributed by atoms with Crippen molar-refractivity contribution >= 4 is 5.69 Å². The minimum absolute atomic E-state index is 0.0871. The van der Waals surface area contributed by atoms with Crippen LogP contribution in [0.4, 0.5) is 14.5 Å². The molecule has 0 bridgehead atoms. The summed E-state index contributed by atoms with van der Waals surface area (Å²) in [6.07, 6.45) is 0.728. The highest BCUT2D eigenvalue weighted by Crippen LogP contribution is 2.24. The minimum atomic E-state index is -1.18. The number of benzene rings is 1. The lowest BCUT2D eigenvalue weighted by Gasteiger charge is -2.05. The maximum atomic E-state index is 13.1. The Hall–Kier alpha value is -1.56. The van der Waals surface area contributed by atoms with Gasteiger partial charge in [-0.25, -0.2) is 4.39 Å². The number of nitrogens with zero attached hydrogens (tertiary/aromatic N) is 1. The molecule has 88 valence electrons. The van der Waals surface area contributed by atoms with Crippen molar-refractivity contribution in [2.24, 2.45) is 0 Å². The first-order chi connectivity index (χ1) is 7.56. The number of hydrogen-bond acceptors (Lipinski definition) is 3. The molecule has 0 aromatic heterocycles.